The Hall–Kier alpha value is -3.06. The van der Waals surface area contributed by atoms with E-state index in [4.69, 9.17) is 0 Å². The number of rotatable bonds is 5. The second kappa shape index (κ2) is 9.23. The van der Waals surface area contributed by atoms with E-state index in [1.54, 1.807) is 29.2 Å². The number of amides is 2. The van der Waals surface area contributed by atoms with Crippen LogP contribution in [0.2, 0.25) is 0 Å². The Balaban J connectivity index is 1.44. The van der Waals surface area contributed by atoms with Crippen LogP contribution in [0.15, 0.2) is 54.6 Å². The minimum absolute atomic E-state index is 0.117. The zero-order valence-corrected chi connectivity index (χ0v) is 15.3. The van der Waals surface area contributed by atoms with Gasteiger partial charge < -0.3 is 10.2 Å². The summed E-state index contributed by atoms with van der Waals surface area (Å²) in [6.45, 7) is 2.36. The Morgan fingerprint density at radius 2 is 1.68 bits per heavy atom. The topological polar surface area (TPSA) is 52.7 Å². The quantitative estimate of drug-likeness (QED) is 0.806. The third kappa shape index (κ3) is 5.72. The van der Waals surface area contributed by atoms with Crippen LogP contribution in [0.1, 0.15) is 5.56 Å². The maximum Gasteiger partial charge on any atom is 0.246 e. The molecule has 0 saturated carbocycles. The molecule has 1 N–H and O–H groups in total. The lowest BCUT2D eigenvalue weighted by molar-refractivity contribution is -0.127. The SMILES string of the molecule is O=C(CN1CCN(C(=O)/C=C/c2ccc(F)cc2)CC1)Nc1cccc(F)c1. The molecular formula is C21H21F2N3O2. The lowest BCUT2D eigenvalue weighted by atomic mass is 10.2. The second-order valence-electron chi connectivity index (χ2n) is 6.54. The fourth-order valence-corrected chi connectivity index (χ4v) is 2.94. The lowest BCUT2D eigenvalue weighted by Crippen LogP contribution is -2.50. The van der Waals surface area contributed by atoms with Crippen molar-refractivity contribution < 1.29 is 18.4 Å². The van der Waals surface area contributed by atoms with Gasteiger partial charge in [-0.3, -0.25) is 14.5 Å². The summed E-state index contributed by atoms with van der Waals surface area (Å²) < 4.78 is 26.1. The molecule has 2 aromatic carbocycles. The molecule has 1 heterocycles. The summed E-state index contributed by atoms with van der Waals surface area (Å²) in [4.78, 5) is 28.0. The van der Waals surface area contributed by atoms with E-state index in [1.165, 1.54) is 36.4 Å². The highest BCUT2D eigenvalue weighted by Crippen LogP contribution is 2.10. The van der Waals surface area contributed by atoms with Gasteiger partial charge in [-0.1, -0.05) is 18.2 Å². The first-order valence-corrected chi connectivity index (χ1v) is 9.00. The Kier molecular flexibility index (Phi) is 6.49. The molecule has 146 valence electrons. The van der Waals surface area contributed by atoms with Crippen molar-refractivity contribution >= 4 is 23.6 Å². The number of hydrogen-bond acceptors (Lipinski definition) is 3. The number of carbonyl (C=O) groups is 2. The van der Waals surface area contributed by atoms with E-state index in [-0.39, 0.29) is 24.2 Å². The molecule has 1 aliphatic heterocycles. The Morgan fingerprint density at radius 3 is 2.36 bits per heavy atom. The summed E-state index contributed by atoms with van der Waals surface area (Å²) in [6, 6.07) is 11.6. The van der Waals surface area contributed by atoms with Gasteiger partial charge in [0.15, 0.2) is 0 Å². The predicted molar refractivity (Wildman–Crippen MR) is 103 cm³/mol. The number of hydrogen-bond donors (Lipinski definition) is 1. The Morgan fingerprint density at radius 1 is 0.964 bits per heavy atom. The molecule has 0 spiro atoms. The lowest BCUT2D eigenvalue weighted by Gasteiger charge is -2.33. The number of benzene rings is 2. The van der Waals surface area contributed by atoms with Gasteiger partial charge in [-0.05, 0) is 42.0 Å². The highest BCUT2D eigenvalue weighted by Gasteiger charge is 2.21. The van der Waals surface area contributed by atoms with Gasteiger partial charge in [0, 0.05) is 37.9 Å². The average molecular weight is 385 g/mol. The van der Waals surface area contributed by atoms with Gasteiger partial charge in [0.2, 0.25) is 11.8 Å². The summed E-state index contributed by atoms with van der Waals surface area (Å²) >= 11 is 0. The van der Waals surface area contributed by atoms with Crippen LogP contribution in [0.5, 0.6) is 0 Å². The number of nitrogens with one attached hydrogen (secondary N) is 1. The van der Waals surface area contributed by atoms with Crippen molar-refractivity contribution in [3.8, 4) is 0 Å². The molecule has 1 saturated heterocycles. The summed E-state index contributed by atoms with van der Waals surface area (Å²) in [7, 11) is 0. The maximum atomic E-state index is 13.2. The standard InChI is InChI=1S/C21H21F2N3O2/c22-17-7-4-16(5-8-17)6-9-21(28)26-12-10-25(11-13-26)15-20(27)24-19-3-1-2-18(23)14-19/h1-9,14H,10-13,15H2,(H,24,27)/b9-6+. The van der Waals surface area contributed by atoms with Crippen molar-refractivity contribution in [3.05, 3.63) is 71.8 Å². The van der Waals surface area contributed by atoms with Crippen LogP contribution >= 0.6 is 0 Å². The van der Waals surface area contributed by atoms with E-state index >= 15 is 0 Å². The summed E-state index contributed by atoms with van der Waals surface area (Å²) in [5, 5.41) is 2.67. The van der Waals surface area contributed by atoms with Gasteiger partial charge in [0.05, 0.1) is 6.54 Å². The minimum Gasteiger partial charge on any atom is -0.337 e. The van der Waals surface area contributed by atoms with Crippen LogP contribution in [0.25, 0.3) is 6.08 Å². The van der Waals surface area contributed by atoms with E-state index in [0.717, 1.165) is 5.56 Å². The van der Waals surface area contributed by atoms with Crippen LogP contribution in [0.3, 0.4) is 0 Å². The van der Waals surface area contributed by atoms with Crippen molar-refractivity contribution in [1.29, 1.82) is 0 Å². The van der Waals surface area contributed by atoms with Gasteiger partial charge in [-0.2, -0.15) is 0 Å². The van der Waals surface area contributed by atoms with Gasteiger partial charge in [0.1, 0.15) is 11.6 Å². The van der Waals surface area contributed by atoms with Gasteiger partial charge in [-0.25, -0.2) is 8.78 Å². The summed E-state index contributed by atoms with van der Waals surface area (Å²) in [5.41, 5.74) is 1.17. The number of carbonyl (C=O) groups excluding carboxylic acids is 2. The monoisotopic (exact) mass is 385 g/mol. The molecule has 2 aromatic rings. The van der Waals surface area contributed by atoms with Gasteiger partial charge in [-0.15, -0.1) is 0 Å². The van der Waals surface area contributed by atoms with Crippen LogP contribution in [0, 0.1) is 11.6 Å². The molecule has 0 unspecified atom stereocenters. The average Bonchev–Trinajstić information content (AvgIpc) is 2.68. The summed E-state index contributed by atoms with van der Waals surface area (Å²) in [5.74, 6) is -1.06. The molecule has 2 amide bonds. The third-order valence-electron chi connectivity index (χ3n) is 4.45. The van der Waals surface area contributed by atoms with Crippen LogP contribution in [-0.4, -0.2) is 54.3 Å². The first kappa shape index (κ1) is 19.7. The molecule has 1 aliphatic rings. The van der Waals surface area contributed by atoms with Crippen molar-refractivity contribution in [1.82, 2.24) is 9.80 Å². The molecular weight excluding hydrogens is 364 g/mol. The van der Waals surface area contributed by atoms with Crippen molar-refractivity contribution in [2.45, 2.75) is 0 Å². The van der Waals surface area contributed by atoms with Crippen molar-refractivity contribution in [2.75, 3.05) is 38.0 Å². The van der Waals surface area contributed by atoms with Crippen molar-refractivity contribution in [2.24, 2.45) is 0 Å². The Labute approximate surface area is 162 Å². The fraction of sp³-hybridized carbons (Fsp3) is 0.238. The largest absolute Gasteiger partial charge is 0.337 e. The Bertz CT molecular complexity index is 860. The fourth-order valence-electron chi connectivity index (χ4n) is 2.94. The third-order valence-corrected chi connectivity index (χ3v) is 4.45. The summed E-state index contributed by atoms with van der Waals surface area (Å²) in [6.07, 6.45) is 3.13. The highest BCUT2D eigenvalue weighted by atomic mass is 19.1. The molecule has 3 rings (SSSR count). The van der Waals surface area contributed by atoms with Crippen LogP contribution in [0.4, 0.5) is 14.5 Å². The van der Waals surface area contributed by atoms with Crippen LogP contribution in [-0.2, 0) is 9.59 Å². The highest BCUT2D eigenvalue weighted by molar-refractivity contribution is 5.93. The molecule has 7 heteroatoms. The van der Waals surface area contributed by atoms with Gasteiger partial charge in [0.25, 0.3) is 0 Å². The van der Waals surface area contributed by atoms with E-state index < -0.39 is 5.82 Å². The predicted octanol–water partition coefficient (Wildman–Crippen LogP) is 2.76. The van der Waals surface area contributed by atoms with E-state index in [2.05, 4.69) is 5.32 Å². The first-order valence-electron chi connectivity index (χ1n) is 9.00. The zero-order valence-electron chi connectivity index (χ0n) is 15.3. The first-order chi connectivity index (χ1) is 13.5. The maximum absolute atomic E-state index is 13.2. The van der Waals surface area contributed by atoms with E-state index in [9.17, 15) is 18.4 Å². The number of nitrogens with zero attached hydrogens (tertiary/aromatic N) is 2. The zero-order chi connectivity index (χ0) is 19.9. The van der Waals surface area contributed by atoms with Crippen molar-refractivity contribution in [3.63, 3.8) is 0 Å². The van der Waals surface area contributed by atoms with Gasteiger partial charge >= 0.3 is 0 Å². The minimum atomic E-state index is -0.404. The molecule has 0 aromatic heterocycles. The van der Waals surface area contributed by atoms with E-state index in [1.807, 2.05) is 4.90 Å². The molecule has 28 heavy (non-hydrogen) atoms. The normalized spacial score (nSPS) is 15.0. The number of halogens is 2. The number of piperazine rings is 1. The molecule has 0 atom stereocenters. The molecule has 1 fully saturated rings. The second-order valence-corrected chi connectivity index (χ2v) is 6.54. The molecule has 0 radical (unpaired) electrons. The molecule has 5 nitrogen and oxygen atoms in total. The van der Waals surface area contributed by atoms with Crippen LogP contribution < -0.4 is 5.32 Å². The molecule has 0 bridgehead atoms. The van der Waals surface area contributed by atoms with E-state index in [0.29, 0.717) is 31.9 Å². The smallest absolute Gasteiger partial charge is 0.246 e. The molecule has 0 aliphatic carbocycles. The number of anilines is 1.